The number of likely N-dealkylation sites (N-methyl/N-ethyl adjacent to an activating group) is 1. The van der Waals surface area contributed by atoms with Gasteiger partial charge in [-0.1, -0.05) is 20.8 Å². The summed E-state index contributed by atoms with van der Waals surface area (Å²) in [4.78, 5) is 16.9. The second kappa shape index (κ2) is 7.25. The molecule has 0 radical (unpaired) electrons. The summed E-state index contributed by atoms with van der Waals surface area (Å²) in [5.41, 5.74) is 0.0689. The summed E-state index contributed by atoms with van der Waals surface area (Å²) in [5, 5.41) is 3.43. The minimum atomic E-state index is -0.0186. The van der Waals surface area contributed by atoms with Crippen LogP contribution in [0.4, 0.5) is 0 Å². The van der Waals surface area contributed by atoms with Crippen molar-refractivity contribution in [2.45, 2.75) is 46.1 Å². The van der Waals surface area contributed by atoms with E-state index in [1.54, 1.807) is 0 Å². The van der Waals surface area contributed by atoms with Gasteiger partial charge < -0.3 is 15.1 Å². The smallest absolute Gasteiger partial charge is 0.240 e. The van der Waals surface area contributed by atoms with Crippen LogP contribution in [0, 0.1) is 5.41 Å². The van der Waals surface area contributed by atoms with E-state index in [0.29, 0.717) is 0 Å². The second-order valence-electron chi connectivity index (χ2n) is 6.61. The van der Waals surface area contributed by atoms with Crippen molar-refractivity contribution < 1.29 is 4.79 Å². The normalized spacial score (nSPS) is 22.5. The third-order valence-electron chi connectivity index (χ3n) is 4.00. The molecule has 4 heteroatoms. The lowest BCUT2D eigenvalue weighted by Gasteiger charge is -2.41. The topological polar surface area (TPSA) is 35.6 Å². The Bertz CT molecular complexity index is 289. The van der Waals surface area contributed by atoms with Gasteiger partial charge in [0.2, 0.25) is 5.91 Å². The maximum absolute atomic E-state index is 12.8. The van der Waals surface area contributed by atoms with E-state index < -0.39 is 0 Å². The van der Waals surface area contributed by atoms with Crippen LogP contribution in [0.2, 0.25) is 0 Å². The van der Waals surface area contributed by atoms with Crippen LogP contribution in [0.1, 0.15) is 40.0 Å². The van der Waals surface area contributed by atoms with Gasteiger partial charge in [0, 0.05) is 19.6 Å². The largest absolute Gasteiger partial charge is 0.340 e. The summed E-state index contributed by atoms with van der Waals surface area (Å²) in [6.07, 6.45) is 3.32. The van der Waals surface area contributed by atoms with Gasteiger partial charge in [-0.05, 0) is 45.3 Å². The lowest BCUT2D eigenvalue weighted by Crippen LogP contribution is -2.57. The molecule has 1 heterocycles. The van der Waals surface area contributed by atoms with Crippen LogP contribution in [0.5, 0.6) is 0 Å². The summed E-state index contributed by atoms with van der Waals surface area (Å²) < 4.78 is 0. The lowest BCUT2D eigenvalue weighted by molar-refractivity contribution is -0.137. The predicted molar refractivity (Wildman–Crippen MR) is 80.2 cm³/mol. The number of nitrogens with zero attached hydrogens (tertiary/aromatic N) is 2. The van der Waals surface area contributed by atoms with Gasteiger partial charge in [0.15, 0.2) is 0 Å². The van der Waals surface area contributed by atoms with Crippen molar-refractivity contribution >= 4 is 5.91 Å². The monoisotopic (exact) mass is 269 g/mol. The summed E-state index contributed by atoms with van der Waals surface area (Å²) >= 11 is 0. The van der Waals surface area contributed by atoms with Crippen LogP contribution in [0.15, 0.2) is 0 Å². The van der Waals surface area contributed by atoms with Gasteiger partial charge in [-0.2, -0.15) is 0 Å². The lowest BCUT2D eigenvalue weighted by atomic mass is 9.77. The Morgan fingerprint density at radius 2 is 1.95 bits per heavy atom. The predicted octanol–water partition coefficient (Wildman–Crippen LogP) is 1.56. The third-order valence-corrected chi connectivity index (χ3v) is 4.00. The van der Waals surface area contributed by atoms with E-state index in [-0.39, 0.29) is 17.4 Å². The van der Waals surface area contributed by atoms with Crippen LogP contribution < -0.4 is 5.32 Å². The Morgan fingerprint density at radius 1 is 1.26 bits per heavy atom. The molecular weight excluding hydrogens is 238 g/mol. The maximum Gasteiger partial charge on any atom is 0.240 e. The van der Waals surface area contributed by atoms with Gasteiger partial charge in [-0.15, -0.1) is 0 Å². The van der Waals surface area contributed by atoms with Crippen molar-refractivity contribution in [1.29, 1.82) is 0 Å². The van der Waals surface area contributed by atoms with Gasteiger partial charge >= 0.3 is 0 Å². The Kier molecular flexibility index (Phi) is 6.27. The summed E-state index contributed by atoms with van der Waals surface area (Å²) in [6.45, 7) is 10.1. The molecule has 19 heavy (non-hydrogen) atoms. The fourth-order valence-corrected chi connectivity index (χ4v) is 2.74. The summed E-state index contributed by atoms with van der Waals surface area (Å²) in [5.74, 6) is 0.286. The molecule has 0 saturated carbocycles. The van der Waals surface area contributed by atoms with Crippen LogP contribution in [0.3, 0.4) is 0 Å². The van der Waals surface area contributed by atoms with Crippen LogP contribution in [-0.2, 0) is 4.79 Å². The van der Waals surface area contributed by atoms with E-state index >= 15 is 0 Å². The first-order valence-electron chi connectivity index (χ1n) is 7.55. The van der Waals surface area contributed by atoms with Crippen LogP contribution in [-0.4, -0.2) is 62.0 Å². The zero-order valence-electron chi connectivity index (χ0n) is 13.3. The first-order valence-corrected chi connectivity index (χ1v) is 7.55. The van der Waals surface area contributed by atoms with Gasteiger partial charge in [0.1, 0.15) is 0 Å². The quantitative estimate of drug-likeness (QED) is 0.795. The molecule has 1 unspecified atom stereocenters. The van der Waals surface area contributed by atoms with Gasteiger partial charge in [-0.3, -0.25) is 4.79 Å². The van der Waals surface area contributed by atoms with Gasteiger partial charge in [0.05, 0.1) is 6.04 Å². The highest BCUT2D eigenvalue weighted by Gasteiger charge is 2.38. The molecule has 1 aliphatic rings. The molecule has 0 aromatic heterocycles. The van der Waals surface area contributed by atoms with E-state index in [0.717, 1.165) is 39.0 Å². The van der Waals surface area contributed by atoms with Gasteiger partial charge in [0.25, 0.3) is 0 Å². The molecule has 1 amide bonds. The zero-order valence-corrected chi connectivity index (χ0v) is 13.3. The molecule has 0 aromatic rings. The Morgan fingerprint density at radius 3 is 2.47 bits per heavy atom. The highest BCUT2D eigenvalue weighted by atomic mass is 16.2. The summed E-state index contributed by atoms with van der Waals surface area (Å²) in [6, 6.07) is -0.0186. The van der Waals surface area contributed by atoms with E-state index in [9.17, 15) is 4.79 Å². The molecule has 0 bridgehead atoms. The standard InChI is InChI=1S/C15H31N3O/c1-6-10-18(12-11-17(4)5)14(19)13-15(2,3)8-7-9-16-13/h13,16H,6-12H2,1-5H3. The highest BCUT2D eigenvalue weighted by Crippen LogP contribution is 2.31. The number of carbonyl (C=O) groups is 1. The first-order chi connectivity index (χ1) is 8.88. The second-order valence-corrected chi connectivity index (χ2v) is 6.61. The number of amides is 1. The van der Waals surface area contributed by atoms with E-state index in [1.807, 2.05) is 4.90 Å². The molecule has 4 nitrogen and oxygen atoms in total. The minimum absolute atomic E-state index is 0.0186. The zero-order chi connectivity index (χ0) is 14.5. The third kappa shape index (κ3) is 4.77. The van der Waals surface area contributed by atoms with Crippen molar-refractivity contribution in [1.82, 2.24) is 15.1 Å². The van der Waals surface area contributed by atoms with Crippen LogP contribution >= 0.6 is 0 Å². The average Bonchev–Trinajstić information content (AvgIpc) is 2.33. The molecule has 0 spiro atoms. The molecule has 0 aliphatic carbocycles. The molecule has 0 aromatic carbocycles. The highest BCUT2D eigenvalue weighted by molar-refractivity contribution is 5.83. The molecule has 1 saturated heterocycles. The van der Waals surface area contributed by atoms with E-state index in [4.69, 9.17) is 0 Å². The molecule has 1 rings (SSSR count). The summed E-state index contributed by atoms with van der Waals surface area (Å²) in [7, 11) is 4.11. The molecular formula is C15H31N3O. The fourth-order valence-electron chi connectivity index (χ4n) is 2.74. The molecule has 1 N–H and O–H groups in total. The number of carbonyl (C=O) groups excluding carboxylic acids is 1. The Hall–Kier alpha value is -0.610. The van der Waals surface area contributed by atoms with Crippen molar-refractivity contribution in [3.05, 3.63) is 0 Å². The van der Waals surface area contributed by atoms with Crippen molar-refractivity contribution in [2.24, 2.45) is 5.41 Å². The number of hydrogen-bond acceptors (Lipinski definition) is 3. The molecule has 1 fully saturated rings. The fraction of sp³-hybridized carbons (Fsp3) is 0.933. The number of hydrogen-bond donors (Lipinski definition) is 1. The first kappa shape index (κ1) is 16.4. The van der Waals surface area contributed by atoms with Crippen LogP contribution in [0.25, 0.3) is 0 Å². The Labute approximate surface area is 118 Å². The van der Waals surface area contributed by atoms with Crippen molar-refractivity contribution in [3.8, 4) is 0 Å². The SMILES string of the molecule is CCCN(CCN(C)C)C(=O)C1NCCCC1(C)C. The molecule has 1 aliphatic heterocycles. The maximum atomic E-state index is 12.8. The molecule has 112 valence electrons. The van der Waals surface area contributed by atoms with Crippen molar-refractivity contribution in [3.63, 3.8) is 0 Å². The number of rotatable bonds is 6. The minimum Gasteiger partial charge on any atom is -0.340 e. The number of piperidine rings is 1. The van der Waals surface area contributed by atoms with Crippen molar-refractivity contribution in [2.75, 3.05) is 40.3 Å². The number of nitrogens with one attached hydrogen (secondary N) is 1. The van der Waals surface area contributed by atoms with E-state index in [2.05, 4.69) is 45.1 Å². The molecule has 1 atom stereocenters. The Balaban J connectivity index is 2.68. The average molecular weight is 269 g/mol. The van der Waals surface area contributed by atoms with Gasteiger partial charge in [-0.25, -0.2) is 0 Å². The van der Waals surface area contributed by atoms with E-state index in [1.165, 1.54) is 6.42 Å².